The van der Waals surface area contributed by atoms with Gasteiger partial charge in [0.25, 0.3) is 5.56 Å². The van der Waals surface area contributed by atoms with Gasteiger partial charge in [0.15, 0.2) is 11.5 Å². The maximum absolute atomic E-state index is 12.3. The number of hydrogen-bond acceptors (Lipinski definition) is 4. The van der Waals surface area contributed by atoms with Crippen LogP contribution >= 0.6 is 0 Å². The summed E-state index contributed by atoms with van der Waals surface area (Å²) in [6.07, 6.45) is 1.38. The third kappa shape index (κ3) is 3.33. The lowest BCUT2D eigenvalue weighted by Gasteiger charge is -2.12. The van der Waals surface area contributed by atoms with Gasteiger partial charge in [-0.2, -0.15) is 8.78 Å². The lowest BCUT2D eigenvalue weighted by atomic mass is 10.2. The second-order valence-corrected chi connectivity index (χ2v) is 4.50. The highest BCUT2D eigenvalue weighted by Gasteiger charge is 2.12. The molecule has 2 rings (SSSR count). The summed E-state index contributed by atoms with van der Waals surface area (Å²) in [5.41, 5.74) is -0.377. The molecule has 0 atom stereocenters. The molecule has 0 saturated carbocycles. The van der Waals surface area contributed by atoms with Crippen LogP contribution in [0, 0.1) is 0 Å². The first-order valence-electron chi connectivity index (χ1n) is 6.30. The molecule has 2 aromatic rings. The standard InChI is InChI=1S/C14H14F2N2O4/c1-17-6-5-12(19)18(14(17)20)8-9-3-4-10(22-13(15)16)11(7-9)21-2/h3-7,13H,8H2,1-2H3. The van der Waals surface area contributed by atoms with Crippen molar-refractivity contribution in [2.24, 2.45) is 7.05 Å². The van der Waals surface area contributed by atoms with E-state index in [4.69, 9.17) is 4.74 Å². The fourth-order valence-electron chi connectivity index (χ4n) is 1.95. The summed E-state index contributed by atoms with van der Waals surface area (Å²) in [4.78, 5) is 23.7. The van der Waals surface area contributed by atoms with Gasteiger partial charge in [-0.3, -0.25) is 9.36 Å². The second-order valence-electron chi connectivity index (χ2n) is 4.50. The molecule has 0 aliphatic rings. The highest BCUT2D eigenvalue weighted by atomic mass is 19.3. The van der Waals surface area contributed by atoms with Crippen molar-refractivity contribution in [3.8, 4) is 11.5 Å². The SMILES string of the molecule is COc1cc(Cn2c(=O)ccn(C)c2=O)ccc1OC(F)F. The van der Waals surface area contributed by atoms with E-state index in [0.717, 1.165) is 4.57 Å². The van der Waals surface area contributed by atoms with Crippen LogP contribution in [0.25, 0.3) is 0 Å². The molecule has 0 fully saturated rings. The number of alkyl halides is 2. The number of halogens is 2. The first-order valence-corrected chi connectivity index (χ1v) is 6.30. The molecule has 8 heteroatoms. The van der Waals surface area contributed by atoms with E-state index < -0.39 is 17.9 Å². The Bertz CT molecular complexity index is 783. The molecule has 1 aromatic heterocycles. The molecule has 0 unspecified atom stereocenters. The molecule has 22 heavy (non-hydrogen) atoms. The van der Waals surface area contributed by atoms with Crippen LogP contribution in [0.4, 0.5) is 8.78 Å². The van der Waals surface area contributed by atoms with Crippen molar-refractivity contribution in [2.45, 2.75) is 13.2 Å². The van der Waals surface area contributed by atoms with E-state index in [1.54, 1.807) is 0 Å². The lowest BCUT2D eigenvalue weighted by Crippen LogP contribution is -2.38. The Kier molecular flexibility index (Phi) is 4.59. The lowest BCUT2D eigenvalue weighted by molar-refractivity contribution is -0.0512. The summed E-state index contributed by atoms with van der Waals surface area (Å²) in [7, 11) is 2.84. The van der Waals surface area contributed by atoms with Crippen molar-refractivity contribution in [2.75, 3.05) is 7.11 Å². The predicted molar refractivity (Wildman–Crippen MR) is 74.7 cm³/mol. The molecule has 118 valence electrons. The van der Waals surface area contributed by atoms with Crippen LogP contribution in [-0.2, 0) is 13.6 Å². The fourth-order valence-corrected chi connectivity index (χ4v) is 1.95. The van der Waals surface area contributed by atoms with Crippen molar-refractivity contribution < 1.29 is 18.3 Å². The van der Waals surface area contributed by atoms with E-state index in [0.29, 0.717) is 5.56 Å². The topological polar surface area (TPSA) is 62.5 Å². The Balaban J connectivity index is 2.37. The summed E-state index contributed by atoms with van der Waals surface area (Å²) in [6.45, 7) is -2.97. The summed E-state index contributed by atoms with van der Waals surface area (Å²) >= 11 is 0. The smallest absolute Gasteiger partial charge is 0.387 e. The Labute approximate surface area is 124 Å². The number of hydrogen-bond donors (Lipinski definition) is 0. The summed E-state index contributed by atoms with van der Waals surface area (Å²) < 4.78 is 36.1. The minimum atomic E-state index is -2.97. The molecular formula is C14H14F2N2O4. The van der Waals surface area contributed by atoms with Crippen molar-refractivity contribution in [3.63, 3.8) is 0 Å². The number of rotatable bonds is 5. The number of nitrogens with zero attached hydrogens (tertiary/aromatic N) is 2. The summed E-state index contributed by atoms with van der Waals surface area (Å²) in [5.74, 6) is -0.0202. The molecular weight excluding hydrogens is 298 g/mol. The first-order chi connectivity index (χ1) is 10.4. The molecule has 0 radical (unpaired) electrons. The third-order valence-electron chi connectivity index (χ3n) is 3.02. The van der Waals surface area contributed by atoms with E-state index in [1.807, 2.05) is 0 Å². The van der Waals surface area contributed by atoms with E-state index in [1.165, 1.54) is 49.2 Å². The molecule has 0 spiro atoms. The van der Waals surface area contributed by atoms with Gasteiger partial charge in [0.05, 0.1) is 13.7 Å². The monoisotopic (exact) mass is 312 g/mol. The van der Waals surface area contributed by atoms with Gasteiger partial charge in [0, 0.05) is 19.3 Å². The van der Waals surface area contributed by atoms with E-state index in [2.05, 4.69) is 4.74 Å². The van der Waals surface area contributed by atoms with Crippen LogP contribution in [0.5, 0.6) is 11.5 Å². The highest BCUT2D eigenvalue weighted by molar-refractivity contribution is 5.43. The Hall–Kier alpha value is -2.64. The quantitative estimate of drug-likeness (QED) is 0.832. The average molecular weight is 312 g/mol. The summed E-state index contributed by atoms with van der Waals surface area (Å²) in [5, 5.41) is 0. The Morgan fingerprint density at radius 3 is 2.55 bits per heavy atom. The van der Waals surface area contributed by atoms with Crippen molar-refractivity contribution in [1.82, 2.24) is 9.13 Å². The van der Waals surface area contributed by atoms with Crippen LogP contribution in [0.1, 0.15) is 5.56 Å². The van der Waals surface area contributed by atoms with E-state index >= 15 is 0 Å². The highest BCUT2D eigenvalue weighted by Crippen LogP contribution is 2.29. The van der Waals surface area contributed by atoms with Gasteiger partial charge in [0.2, 0.25) is 0 Å². The van der Waals surface area contributed by atoms with Crippen molar-refractivity contribution >= 4 is 0 Å². The van der Waals surface area contributed by atoms with Gasteiger partial charge >= 0.3 is 12.3 Å². The summed E-state index contributed by atoms with van der Waals surface area (Å²) in [6, 6.07) is 5.50. The number of aryl methyl sites for hydroxylation is 1. The number of methoxy groups -OCH3 is 1. The zero-order chi connectivity index (χ0) is 16.3. The molecule has 0 saturated heterocycles. The van der Waals surface area contributed by atoms with Crippen molar-refractivity contribution in [3.05, 3.63) is 56.9 Å². The maximum Gasteiger partial charge on any atom is 0.387 e. The molecule has 0 aliphatic heterocycles. The normalized spacial score (nSPS) is 10.8. The van der Waals surface area contributed by atoms with Crippen molar-refractivity contribution in [1.29, 1.82) is 0 Å². The minimum absolute atomic E-state index is 0.00232. The zero-order valence-electron chi connectivity index (χ0n) is 12.0. The molecule has 0 bridgehead atoms. The van der Waals surface area contributed by atoms with Gasteiger partial charge in [-0.1, -0.05) is 6.07 Å². The minimum Gasteiger partial charge on any atom is -0.493 e. The van der Waals surface area contributed by atoms with Gasteiger partial charge in [-0.15, -0.1) is 0 Å². The van der Waals surface area contributed by atoms with Crippen LogP contribution in [-0.4, -0.2) is 22.9 Å². The van der Waals surface area contributed by atoms with Gasteiger partial charge in [0.1, 0.15) is 0 Å². The molecule has 6 nitrogen and oxygen atoms in total. The van der Waals surface area contributed by atoms with Gasteiger partial charge in [-0.25, -0.2) is 4.79 Å². The number of benzene rings is 1. The van der Waals surface area contributed by atoms with Gasteiger partial charge < -0.3 is 14.0 Å². The molecule has 0 aliphatic carbocycles. The zero-order valence-corrected chi connectivity index (χ0v) is 12.0. The number of ether oxygens (including phenoxy) is 2. The Morgan fingerprint density at radius 2 is 1.91 bits per heavy atom. The first kappa shape index (κ1) is 15.7. The molecule has 0 N–H and O–H groups in total. The van der Waals surface area contributed by atoms with Gasteiger partial charge in [-0.05, 0) is 17.7 Å². The van der Waals surface area contributed by atoms with Crippen LogP contribution < -0.4 is 20.7 Å². The number of aromatic nitrogens is 2. The predicted octanol–water partition coefficient (Wildman–Crippen LogP) is 1.21. The van der Waals surface area contributed by atoms with Crippen LogP contribution in [0.2, 0.25) is 0 Å². The largest absolute Gasteiger partial charge is 0.493 e. The Morgan fingerprint density at radius 1 is 1.18 bits per heavy atom. The maximum atomic E-state index is 12.3. The molecule has 0 amide bonds. The van der Waals surface area contributed by atoms with E-state index in [9.17, 15) is 18.4 Å². The van der Waals surface area contributed by atoms with E-state index in [-0.39, 0.29) is 18.0 Å². The third-order valence-corrected chi connectivity index (χ3v) is 3.02. The fraction of sp³-hybridized carbons (Fsp3) is 0.286. The second kappa shape index (κ2) is 6.42. The van der Waals surface area contributed by atoms with Crippen LogP contribution in [0.15, 0.2) is 40.1 Å². The molecule has 1 aromatic carbocycles. The molecule has 1 heterocycles. The van der Waals surface area contributed by atoms with Crippen LogP contribution in [0.3, 0.4) is 0 Å². The average Bonchev–Trinajstić information content (AvgIpc) is 2.48.